The number of hydrogen-bond donors (Lipinski definition) is 0. The summed E-state index contributed by atoms with van der Waals surface area (Å²) in [6.07, 6.45) is 0. The summed E-state index contributed by atoms with van der Waals surface area (Å²) in [5, 5.41) is 10.1. The first kappa shape index (κ1) is 31.1. The van der Waals surface area contributed by atoms with E-state index in [1.54, 1.807) is 5.19 Å². The van der Waals surface area contributed by atoms with E-state index in [1.807, 2.05) is 0 Å². The molecule has 0 aliphatic carbocycles. The van der Waals surface area contributed by atoms with Gasteiger partial charge in [0.15, 0.2) is 0 Å². The Balaban J connectivity index is 0.000000188. The van der Waals surface area contributed by atoms with E-state index in [0.29, 0.717) is 0 Å². The fourth-order valence-electron chi connectivity index (χ4n) is 4.75. The Morgan fingerprint density at radius 1 is 0.512 bits per heavy atom. The van der Waals surface area contributed by atoms with Crippen LogP contribution >= 0.6 is 15.8 Å². The number of hydrogen-bond acceptors (Lipinski definition) is 0. The van der Waals surface area contributed by atoms with Crippen LogP contribution in [-0.4, -0.2) is 8.07 Å². The molecule has 4 heteroatoms. The Labute approximate surface area is 260 Å². The minimum absolute atomic E-state index is 0. The van der Waals surface area contributed by atoms with E-state index >= 15 is 0 Å². The van der Waals surface area contributed by atoms with E-state index in [9.17, 15) is 0 Å². The Hall–Kier alpha value is -2.82. The maximum Gasteiger partial charge on any atom is 0.0147 e. The molecule has 0 N–H and O–H groups in total. The van der Waals surface area contributed by atoms with Gasteiger partial charge in [-0.2, -0.15) is 22.6 Å². The molecule has 0 amide bonds. The second-order valence-corrected chi connectivity index (χ2v) is 20.3. The summed E-state index contributed by atoms with van der Waals surface area (Å²) in [6.45, 7) is 7.25. The zero-order chi connectivity index (χ0) is 27.8. The standard InChI is InChI=1S/C20H22PSi.C17H14P.Fe/c1-22(2,3)20-15-14-19(16-20)21(17-10-6-4-7-11-17)18-12-8-5-9-13-18;1-3-9-15(10-4-1)18(17-13-7-8-14-17)16-11-5-2-6-12-16;/h4-16H,1-3H3;1-14H;/q-1;-5;. The molecule has 0 saturated heterocycles. The van der Waals surface area contributed by atoms with Gasteiger partial charge in [0, 0.05) is 25.1 Å². The molecule has 6 aromatic rings. The molecule has 0 atom stereocenters. The summed E-state index contributed by atoms with van der Waals surface area (Å²) in [6, 6.07) is 59.2. The predicted molar refractivity (Wildman–Crippen MR) is 184 cm³/mol. The third-order valence-electron chi connectivity index (χ3n) is 6.82. The molecule has 212 valence electrons. The van der Waals surface area contributed by atoms with Crippen molar-refractivity contribution in [3.8, 4) is 0 Å². The van der Waals surface area contributed by atoms with Crippen LogP contribution in [0.4, 0.5) is 0 Å². The molecule has 0 aliphatic heterocycles. The van der Waals surface area contributed by atoms with E-state index in [0.717, 1.165) is 0 Å². The van der Waals surface area contributed by atoms with Crippen molar-refractivity contribution in [3.05, 3.63) is 164 Å². The predicted octanol–water partition coefficient (Wildman–Crippen LogP) is 6.87. The first-order chi connectivity index (χ1) is 19.5. The summed E-state index contributed by atoms with van der Waals surface area (Å²) < 4.78 is 0. The van der Waals surface area contributed by atoms with E-state index in [-0.39, 0.29) is 17.1 Å². The quantitative estimate of drug-likeness (QED) is 0.103. The molecule has 6 rings (SSSR count). The van der Waals surface area contributed by atoms with Gasteiger partial charge in [-0.25, -0.2) is 14.0 Å². The van der Waals surface area contributed by atoms with Crippen molar-refractivity contribution >= 4 is 60.9 Å². The smallest absolute Gasteiger partial charge is 0.0147 e. The number of benzene rings is 4. The third kappa shape index (κ3) is 8.14. The Morgan fingerprint density at radius 2 is 0.902 bits per heavy atom. The molecule has 0 spiro atoms. The average molecular weight is 627 g/mol. The second kappa shape index (κ2) is 14.9. The van der Waals surface area contributed by atoms with Gasteiger partial charge in [-0.15, -0.1) is 0 Å². The van der Waals surface area contributed by atoms with Gasteiger partial charge >= 0.3 is 0 Å². The molecule has 41 heavy (non-hydrogen) atoms. The van der Waals surface area contributed by atoms with Crippen molar-refractivity contribution in [2.24, 2.45) is 0 Å². The van der Waals surface area contributed by atoms with Crippen LogP contribution in [0.3, 0.4) is 0 Å². The molecular formula is C37H36FeP2Si-6. The van der Waals surface area contributed by atoms with Gasteiger partial charge in [0.25, 0.3) is 0 Å². The molecule has 0 bridgehead atoms. The minimum atomic E-state index is -1.25. The second-order valence-electron chi connectivity index (χ2n) is 10.8. The molecule has 0 fully saturated rings. The maximum atomic E-state index is 2.46. The fraction of sp³-hybridized carbons (Fsp3) is 0.0811. The SMILES string of the molecule is C[Si](C)(C)[c-]1ccc(P(c2ccccc2)c2ccccc2)c1.[Fe].c1ccc(P(c2ccccc2)[c-]2[cH-][cH-][cH-][cH-]2)cc1. The van der Waals surface area contributed by atoms with Gasteiger partial charge in [0.05, 0.1) is 0 Å². The van der Waals surface area contributed by atoms with Gasteiger partial charge in [0.2, 0.25) is 0 Å². The molecule has 0 unspecified atom stereocenters. The fourth-order valence-corrected chi connectivity index (χ4v) is 10.7. The first-order valence-electron chi connectivity index (χ1n) is 13.8. The van der Waals surface area contributed by atoms with Crippen LogP contribution in [0.1, 0.15) is 0 Å². The molecule has 0 radical (unpaired) electrons. The van der Waals surface area contributed by atoms with Crippen LogP contribution < -0.4 is 37.0 Å². The summed E-state index contributed by atoms with van der Waals surface area (Å²) in [5.74, 6) is 0. The van der Waals surface area contributed by atoms with Crippen molar-refractivity contribution in [2.75, 3.05) is 0 Å². The summed E-state index contributed by atoms with van der Waals surface area (Å²) in [7, 11) is -2.11. The maximum absolute atomic E-state index is 2.46. The van der Waals surface area contributed by atoms with Crippen LogP contribution in [0.2, 0.25) is 19.6 Å². The van der Waals surface area contributed by atoms with Crippen molar-refractivity contribution in [3.63, 3.8) is 0 Å². The summed E-state index contributed by atoms with van der Waals surface area (Å²) in [4.78, 5) is 0. The first-order valence-corrected chi connectivity index (χ1v) is 20.0. The van der Waals surface area contributed by atoms with Crippen LogP contribution in [0.15, 0.2) is 164 Å². The van der Waals surface area contributed by atoms with Crippen LogP contribution in [0.25, 0.3) is 0 Å². The van der Waals surface area contributed by atoms with E-state index < -0.39 is 23.9 Å². The Kier molecular flexibility index (Phi) is 11.3. The van der Waals surface area contributed by atoms with Crippen molar-refractivity contribution < 1.29 is 17.1 Å². The molecule has 0 aromatic heterocycles. The van der Waals surface area contributed by atoms with Crippen LogP contribution in [0, 0.1) is 0 Å². The van der Waals surface area contributed by atoms with Gasteiger partial charge in [-0.05, 0) is 10.6 Å². The van der Waals surface area contributed by atoms with Gasteiger partial charge in [-0.3, -0.25) is 0 Å². The van der Waals surface area contributed by atoms with E-state index in [4.69, 9.17) is 0 Å². The normalized spacial score (nSPS) is 11.0. The topological polar surface area (TPSA) is 0 Å². The molecule has 6 aromatic carbocycles. The molecule has 0 aliphatic rings. The minimum Gasteiger partial charge on any atom is -0.747 e. The largest absolute Gasteiger partial charge is 0.747 e. The molecule has 0 saturated carbocycles. The zero-order valence-electron chi connectivity index (χ0n) is 23.8. The molecule has 0 heterocycles. The van der Waals surface area contributed by atoms with Crippen LogP contribution in [-0.2, 0) is 17.1 Å². The van der Waals surface area contributed by atoms with E-state index in [1.165, 1.54) is 31.8 Å². The Morgan fingerprint density at radius 3 is 1.27 bits per heavy atom. The summed E-state index contributed by atoms with van der Waals surface area (Å²) >= 11 is 0. The Bertz CT molecular complexity index is 1480. The van der Waals surface area contributed by atoms with Crippen molar-refractivity contribution in [2.45, 2.75) is 19.6 Å². The summed E-state index contributed by atoms with van der Waals surface area (Å²) in [5.41, 5.74) is 0. The third-order valence-corrected chi connectivity index (χ3v) is 13.7. The molecule has 0 nitrogen and oxygen atoms in total. The molecular weight excluding hydrogens is 590 g/mol. The monoisotopic (exact) mass is 626 g/mol. The van der Waals surface area contributed by atoms with Gasteiger partial charge in [0.1, 0.15) is 0 Å². The average Bonchev–Trinajstić information content (AvgIpc) is 3.70. The van der Waals surface area contributed by atoms with Crippen molar-refractivity contribution in [1.29, 1.82) is 0 Å². The van der Waals surface area contributed by atoms with Crippen LogP contribution in [0.5, 0.6) is 0 Å². The van der Waals surface area contributed by atoms with Gasteiger partial charge in [-0.1, -0.05) is 159 Å². The van der Waals surface area contributed by atoms with Gasteiger partial charge < -0.3 is 29.6 Å². The number of rotatable bonds is 7. The zero-order valence-corrected chi connectivity index (χ0v) is 27.7. The van der Waals surface area contributed by atoms with Crippen molar-refractivity contribution in [1.82, 2.24) is 0 Å². The van der Waals surface area contributed by atoms with E-state index in [2.05, 4.69) is 183 Å².